The molecule has 1 heterocycles. The van der Waals surface area contributed by atoms with Crippen molar-refractivity contribution < 1.29 is 14.5 Å². The molecule has 1 aromatic heterocycles. The lowest BCUT2D eigenvalue weighted by molar-refractivity contribution is -0.384. The van der Waals surface area contributed by atoms with Crippen molar-refractivity contribution in [2.75, 3.05) is 11.1 Å². The van der Waals surface area contributed by atoms with Crippen LogP contribution >= 0.6 is 11.8 Å². The average Bonchev–Trinajstić information content (AvgIpc) is 3.18. The Balaban J connectivity index is 1.56. The summed E-state index contributed by atoms with van der Waals surface area (Å²) in [5.74, 6) is 0.215. The Labute approximate surface area is 188 Å². The first-order valence-corrected chi connectivity index (χ1v) is 10.8. The van der Waals surface area contributed by atoms with Crippen LogP contribution in [0.1, 0.15) is 28.7 Å². The second-order valence-electron chi connectivity index (χ2n) is 6.78. The molecule has 2 aromatic carbocycles. The number of carbonyl (C=O) groups is 2. The predicted octanol–water partition coefficient (Wildman–Crippen LogP) is 3.18. The lowest BCUT2D eigenvalue weighted by atomic mass is 10.1. The minimum atomic E-state index is -0.500. The van der Waals surface area contributed by atoms with Gasteiger partial charge in [0, 0.05) is 29.9 Å². The van der Waals surface area contributed by atoms with Gasteiger partial charge in [-0.15, -0.1) is 10.2 Å². The third kappa shape index (κ3) is 5.70. The first kappa shape index (κ1) is 22.9. The molecule has 2 amide bonds. The number of aromatic nitrogens is 3. The summed E-state index contributed by atoms with van der Waals surface area (Å²) in [5, 5.41) is 25.1. The molecule has 0 aliphatic carbocycles. The van der Waals surface area contributed by atoms with Crippen molar-refractivity contribution in [3.05, 3.63) is 75.6 Å². The molecule has 0 saturated carbocycles. The molecular weight excluding hydrogens is 432 g/mol. The van der Waals surface area contributed by atoms with Gasteiger partial charge in [0.25, 0.3) is 11.6 Å². The number of non-ortho nitro benzene ring substituents is 1. The van der Waals surface area contributed by atoms with Crippen LogP contribution in [0.3, 0.4) is 0 Å². The maximum Gasteiger partial charge on any atom is 0.269 e. The zero-order valence-corrected chi connectivity index (χ0v) is 18.4. The number of benzene rings is 2. The fourth-order valence-electron chi connectivity index (χ4n) is 2.95. The number of anilines is 1. The van der Waals surface area contributed by atoms with Gasteiger partial charge in [0.15, 0.2) is 11.0 Å². The van der Waals surface area contributed by atoms with Crippen molar-refractivity contribution >= 4 is 35.0 Å². The van der Waals surface area contributed by atoms with Crippen LogP contribution in [0.15, 0.2) is 53.7 Å². The summed E-state index contributed by atoms with van der Waals surface area (Å²) < 4.78 is 1.84. The highest BCUT2D eigenvalue weighted by molar-refractivity contribution is 7.99. The normalized spacial score (nSPS) is 10.6. The molecular formula is C21H22N6O4S. The number of nitrogens with one attached hydrogen (secondary N) is 2. The second kappa shape index (κ2) is 10.5. The van der Waals surface area contributed by atoms with Gasteiger partial charge in [-0.05, 0) is 37.6 Å². The van der Waals surface area contributed by atoms with Crippen LogP contribution < -0.4 is 10.6 Å². The zero-order valence-electron chi connectivity index (χ0n) is 17.6. The number of nitro groups is 1. The molecule has 0 atom stereocenters. The molecule has 11 heteroatoms. The van der Waals surface area contributed by atoms with Crippen LogP contribution in [0.25, 0.3) is 0 Å². The third-order valence-electron chi connectivity index (χ3n) is 4.60. The van der Waals surface area contributed by atoms with E-state index < -0.39 is 4.92 Å². The van der Waals surface area contributed by atoms with E-state index in [0.717, 1.165) is 5.56 Å². The summed E-state index contributed by atoms with van der Waals surface area (Å²) in [6.07, 6.45) is 0. The van der Waals surface area contributed by atoms with Gasteiger partial charge >= 0.3 is 0 Å². The van der Waals surface area contributed by atoms with Gasteiger partial charge in [0.2, 0.25) is 5.91 Å². The average molecular weight is 455 g/mol. The first-order chi connectivity index (χ1) is 15.4. The maximum atomic E-state index is 12.4. The summed E-state index contributed by atoms with van der Waals surface area (Å²) in [6, 6.07) is 12.9. The van der Waals surface area contributed by atoms with Crippen LogP contribution in [0.4, 0.5) is 11.4 Å². The van der Waals surface area contributed by atoms with Gasteiger partial charge in [-0.3, -0.25) is 19.7 Å². The van der Waals surface area contributed by atoms with E-state index in [0.29, 0.717) is 28.8 Å². The van der Waals surface area contributed by atoms with E-state index in [1.54, 1.807) is 6.07 Å². The lowest BCUT2D eigenvalue weighted by Gasteiger charge is -2.09. The van der Waals surface area contributed by atoms with Crippen molar-refractivity contribution in [1.82, 2.24) is 20.1 Å². The molecule has 3 rings (SSSR count). The molecule has 166 valence electrons. The highest BCUT2D eigenvalue weighted by Crippen LogP contribution is 2.19. The number of hydrogen-bond donors (Lipinski definition) is 2. The minimum Gasteiger partial charge on any atom is -0.345 e. The van der Waals surface area contributed by atoms with Gasteiger partial charge in [0.05, 0.1) is 17.2 Å². The molecule has 0 aliphatic rings. The Morgan fingerprint density at radius 3 is 2.50 bits per heavy atom. The molecule has 0 bridgehead atoms. The van der Waals surface area contributed by atoms with Gasteiger partial charge in [-0.25, -0.2) is 0 Å². The summed E-state index contributed by atoms with van der Waals surface area (Å²) in [4.78, 5) is 34.9. The van der Waals surface area contributed by atoms with E-state index in [1.165, 1.54) is 36.0 Å². The summed E-state index contributed by atoms with van der Waals surface area (Å²) in [7, 11) is 0. The Morgan fingerprint density at radius 1 is 1.12 bits per heavy atom. The highest BCUT2D eigenvalue weighted by atomic mass is 32.2. The van der Waals surface area contributed by atoms with Gasteiger partial charge in [0.1, 0.15) is 0 Å². The molecule has 2 N–H and O–H groups in total. The molecule has 0 unspecified atom stereocenters. The predicted molar refractivity (Wildman–Crippen MR) is 120 cm³/mol. The number of nitro benzene ring substituents is 1. The Kier molecular flexibility index (Phi) is 7.55. The standard InChI is InChI=1S/C21H22N6O4S/c1-3-26-18(12-22-20(29)17-7-5-4-6-14(17)2)24-25-21(26)32-13-19(28)23-15-8-10-16(11-9-15)27(30)31/h4-11H,3,12-13H2,1-2H3,(H,22,29)(H,23,28). The van der Waals surface area contributed by atoms with Gasteiger partial charge in [-0.2, -0.15) is 0 Å². The Morgan fingerprint density at radius 2 is 1.84 bits per heavy atom. The number of aryl methyl sites for hydroxylation is 1. The van der Waals surface area contributed by atoms with Crippen LogP contribution in [0.2, 0.25) is 0 Å². The molecule has 0 aliphatic heterocycles. The van der Waals surface area contributed by atoms with E-state index in [2.05, 4.69) is 20.8 Å². The third-order valence-corrected chi connectivity index (χ3v) is 5.57. The fraction of sp³-hybridized carbons (Fsp3) is 0.238. The molecule has 0 saturated heterocycles. The number of thioether (sulfide) groups is 1. The number of carbonyl (C=O) groups excluding carboxylic acids is 2. The quantitative estimate of drug-likeness (QED) is 0.288. The molecule has 0 spiro atoms. The lowest BCUT2D eigenvalue weighted by Crippen LogP contribution is -2.25. The SMILES string of the molecule is CCn1c(CNC(=O)c2ccccc2C)nnc1SCC(=O)Nc1ccc([N+](=O)[O-])cc1. The van der Waals surface area contributed by atoms with Crippen molar-refractivity contribution in [3.8, 4) is 0 Å². The van der Waals surface area contributed by atoms with Crippen molar-refractivity contribution in [1.29, 1.82) is 0 Å². The van der Waals surface area contributed by atoms with Crippen LogP contribution in [-0.4, -0.2) is 37.3 Å². The van der Waals surface area contributed by atoms with E-state index in [-0.39, 0.29) is 29.8 Å². The van der Waals surface area contributed by atoms with Crippen LogP contribution in [0.5, 0.6) is 0 Å². The topological polar surface area (TPSA) is 132 Å². The summed E-state index contributed by atoms with van der Waals surface area (Å²) in [5.41, 5.74) is 1.91. The number of nitrogens with zero attached hydrogens (tertiary/aromatic N) is 4. The smallest absolute Gasteiger partial charge is 0.269 e. The van der Waals surface area contributed by atoms with Crippen LogP contribution in [0, 0.1) is 17.0 Å². The first-order valence-electron chi connectivity index (χ1n) is 9.82. The van der Waals surface area contributed by atoms with E-state index in [1.807, 2.05) is 36.6 Å². The van der Waals surface area contributed by atoms with Crippen LogP contribution in [-0.2, 0) is 17.9 Å². The Bertz CT molecular complexity index is 1130. The fourth-order valence-corrected chi connectivity index (χ4v) is 3.77. The van der Waals surface area contributed by atoms with E-state index in [4.69, 9.17) is 0 Å². The number of hydrogen-bond acceptors (Lipinski definition) is 7. The number of amides is 2. The van der Waals surface area contributed by atoms with Crippen molar-refractivity contribution in [2.45, 2.75) is 32.1 Å². The monoisotopic (exact) mass is 454 g/mol. The summed E-state index contributed by atoms with van der Waals surface area (Å²) in [6.45, 7) is 4.59. The highest BCUT2D eigenvalue weighted by Gasteiger charge is 2.15. The van der Waals surface area contributed by atoms with E-state index >= 15 is 0 Å². The van der Waals surface area contributed by atoms with E-state index in [9.17, 15) is 19.7 Å². The molecule has 10 nitrogen and oxygen atoms in total. The largest absolute Gasteiger partial charge is 0.345 e. The molecule has 3 aromatic rings. The van der Waals surface area contributed by atoms with Gasteiger partial charge < -0.3 is 15.2 Å². The second-order valence-corrected chi connectivity index (χ2v) is 7.72. The molecule has 32 heavy (non-hydrogen) atoms. The molecule has 0 radical (unpaired) electrons. The zero-order chi connectivity index (χ0) is 23.1. The van der Waals surface area contributed by atoms with Crippen molar-refractivity contribution in [3.63, 3.8) is 0 Å². The van der Waals surface area contributed by atoms with Crippen molar-refractivity contribution in [2.24, 2.45) is 0 Å². The maximum absolute atomic E-state index is 12.4. The summed E-state index contributed by atoms with van der Waals surface area (Å²) >= 11 is 1.22. The Hall–Kier alpha value is -3.73. The van der Waals surface area contributed by atoms with Gasteiger partial charge in [-0.1, -0.05) is 30.0 Å². The number of rotatable bonds is 9. The minimum absolute atomic E-state index is 0.0459. The molecule has 0 fully saturated rings.